The molecular formula is C20H22Br2N4O2. The lowest BCUT2D eigenvalue weighted by Gasteiger charge is -2.33. The van der Waals surface area contributed by atoms with Crippen molar-refractivity contribution < 1.29 is 9.59 Å². The van der Waals surface area contributed by atoms with Crippen LogP contribution < -0.4 is 22.1 Å². The van der Waals surface area contributed by atoms with Crippen LogP contribution in [0.5, 0.6) is 0 Å². The van der Waals surface area contributed by atoms with Crippen LogP contribution in [-0.2, 0) is 0 Å². The summed E-state index contributed by atoms with van der Waals surface area (Å²) in [5.74, 6) is -0.357. The zero-order chi connectivity index (χ0) is 20.3. The summed E-state index contributed by atoms with van der Waals surface area (Å²) in [4.78, 5) is 25.3. The normalized spacial score (nSPS) is 19.1. The standard InChI is InChI=1S/C20H22Br2N4O2/c21-13-9-11(5-7-15(13)23)19(27)25-17-3-1-2-4-18(17)26-20(28)12-6-8-16(24)14(22)10-12/h5-10,17-18H,1-4,23-24H2,(H,25,27)(H,26,28). The summed E-state index contributed by atoms with van der Waals surface area (Å²) in [5.41, 5.74) is 13.8. The number of anilines is 2. The second-order valence-corrected chi connectivity index (χ2v) is 8.63. The molecule has 1 aliphatic rings. The van der Waals surface area contributed by atoms with E-state index in [-0.39, 0.29) is 23.9 Å². The molecule has 148 valence electrons. The summed E-state index contributed by atoms with van der Waals surface area (Å²) < 4.78 is 1.37. The van der Waals surface area contributed by atoms with E-state index in [9.17, 15) is 9.59 Å². The fraction of sp³-hybridized carbons (Fsp3) is 0.300. The third kappa shape index (κ3) is 4.86. The number of hydrogen-bond donors (Lipinski definition) is 4. The molecule has 0 heterocycles. The molecule has 2 aromatic rings. The molecule has 6 N–H and O–H groups in total. The van der Waals surface area contributed by atoms with Crippen molar-refractivity contribution in [3.63, 3.8) is 0 Å². The molecule has 28 heavy (non-hydrogen) atoms. The molecule has 1 aliphatic carbocycles. The number of carbonyl (C=O) groups is 2. The van der Waals surface area contributed by atoms with Gasteiger partial charge < -0.3 is 22.1 Å². The number of hydrogen-bond acceptors (Lipinski definition) is 4. The van der Waals surface area contributed by atoms with Gasteiger partial charge >= 0.3 is 0 Å². The summed E-state index contributed by atoms with van der Waals surface area (Å²) >= 11 is 6.69. The third-order valence-corrected chi connectivity index (χ3v) is 6.30. The van der Waals surface area contributed by atoms with Crippen LogP contribution in [0.25, 0.3) is 0 Å². The molecule has 0 radical (unpaired) electrons. The fourth-order valence-corrected chi connectivity index (χ4v) is 4.07. The minimum absolute atomic E-state index is 0.126. The number of halogens is 2. The number of benzene rings is 2. The lowest BCUT2D eigenvalue weighted by atomic mass is 9.89. The van der Waals surface area contributed by atoms with Gasteiger partial charge in [0.25, 0.3) is 11.8 Å². The topological polar surface area (TPSA) is 110 Å². The monoisotopic (exact) mass is 508 g/mol. The summed E-state index contributed by atoms with van der Waals surface area (Å²) in [6.45, 7) is 0. The average molecular weight is 510 g/mol. The van der Waals surface area contributed by atoms with Gasteiger partial charge in [0.1, 0.15) is 0 Å². The Morgan fingerprint density at radius 1 is 0.786 bits per heavy atom. The zero-order valence-corrected chi connectivity index (χ0v) is 18.3. The highest BCUT2D eigenvalue weighted by atomic mass is 79.9. The quantitative estimate of drug-likeness (QED) is 0.469. The van der Waals surface area contributed by atoms with Crippen LogP contribution in [-0.4, -0.2) is 23.9 Å². The Hall–Kier alpha value is -2.06. The van der Waals surface area contributed by atoms with E-state index in [1.165, 1.54) is 0 Å². The van der Waals surface area contributed by atoms with Crippen molar-refractivity contribution in [2.24, 2.45) is 0 Å². The Bertz CT molecular complexity index is 830. The van der Waals surface area contributed by atoms with Crippen molar-refractivity contribution >= 4 is 55.0 Å². The van der Waals surface area contributed by atoms with Crippen LogP contribution in [0.15, 0.2) is 45.3 Å². The highest BCUT2D eigenvalue weighted by Crippen LogP contribution is 2.24. The third-order valence-electron chi connectivity index (χ3n) is 4.92. The molecule has 3 rings (SSSR count). The highest BCUT2D eigenvalue weighted by molar-refractivity contribution is 9.11. The number of carbonyl (C=O) groups excluding carboxylic acids is 2. The maximum absolute atomic E-state index is 12.7. The summed E-state index contributed by atoms with van der Waals surface area (Å²) in [7, 11) is 0. The maximum Gasteiger partial charge on any atom is 0.251 e. The van der Waals surface area contributed by atoms with Gasteiger partial charge in [-0.1, -0.05) is 12.8 Å². The molecule has 2 atom stereocenters. The molecule has 1 saturated carbocycles. The van der Waals surface area contributed by atoms with Gasteiger partial charge in [-0.25, -0.2) is 0 Å². The summed E-state index contributed by atoms with van der Waals surface area (Å²) in [6.07, 6.45) is 3.66. The first kappa shape index (κ1) is 20.7. The molecule has 6 nitrogen and oxygen atoms in total. The zero-order valence-electron chi connectivity index (χ0n) is 15.2. The van der Waals surface area contributed by atoms with E-state index in [4.69, 9.17) is 11.5 Å². The van der Waals surface area contributed by atoms with Gasteiger partial charge in [-0.15, -0.1) is 0 Å². The Morgan fingerprint density at radius 3 is 1.54 bits per heavy atom. The number of nitrogens with two attached hydrogens (primary N) is 2. The van der Waals surface area contributed by atoms with E-state index >= 15 is 0 Å². The molecule has 0 spiro atoms. The lowest BCUT2D eigenvalue weighted by Crippen LogP contribution is -2.53. The van der Waals surface area contributed by atoms with Gasteiger partial charge in [0.15, 0.2) is 0 Å². The molecule has 0 aliphatic heterocycles. The average Bonchev–Trinajstić information content (AvgIpc) is 2.67. The fourth-order valence-electron chi connectivity index (χ4n) is 3.32. The summed E-state index contributed by atoms with van der Waals surface area (Å²) in [5, 5.41) is 6.13. The van der Waals surface area contributed by atoms with E-state index in [0.29, 0.717) is 31.4 Å². The Kier molecular flexibility index (Phi) is 6.61. The maximum atomic E-state index is 12.7. The number of nitrogens with one attached hydrogen (secondary N) is 2. The first-order valence-electron chi connectivity index (χ1n) is 9.07. The van der Waals surface area contributed by atoms with Crippen LogP contribution >= 0.6 is 31.9 Å². The highest BCUT2D eigenvalue weighted by Gasteiger charge is 2.28. The van der Waals surface area contributed by atoms with Gasteiger partial charge in [0.2, 0.25) is 0 Å². The molecule has 1 fully saturated rings. The van der Waals surface area contributed by atoms with Crippen LogP contribution in [0.4, 0.5) is 11.4 Å². The number of rotatable bonds is 4. The predicted molar refractivity (Wildman–Crippen MR) is 118 cm³/mol. The van der Waals surface area contributed by atoms with Crippen molar-refractivity contribution in [1.29, 1.82) is 0 Å². The molecule has 0 bridgehead atoms. The van der Waals surface area contributed by atoms with Gasteiger partial charge in [-0.2, -0.15) is 0 Å². The first-order valence-corrected chi connectivity index (χ1v) is 10.7. The van der Waals surface area contributed by atoms with E-state index in [1.807, 2.05) is 0 Å². The van der Waals surface area contributed by atoms with Gasteiger partial charge in [0.05, 0.1) is 0 Å². The molecular weight excluding hydrogens is 488 g/mol. The van der Waals surface area contributed by atoms with E-state index in [0.717, 1.165) is 25.7 Å². The van der Waals surface area contributed by atoms with Crippen LogP contribution in [0.3, 0.4) is 0 Å². The number of amides is 2. The second-order valence-electron chi connectivity index (χ2n) is 6.92. The van der Waals surface area contributed by atoms with Crippen LogP contribution in [0.1, 0.15) is 46.4 Å². The van der Waals surface area contributed by atoms with E-state index in [2.05, 4.69) is 42.5 Å². The predicted octanol–water partition coefficient (Wildman–Crippen LogP) is 3.85. The van der Waals surface area contributed by atoms with Gasteiger partial charge in [-0.3, -0.25) is 9.59 Å². The molecule has 8 heteroatoms. The van der Waals surface area contributed by atoms with Crippen LogP contribution in [0, 0.1) is 0 Å². The molecule has 2 unspecified atom stereocenters. The van der Waals surface area contributed by atoms with Crippen LogP contribution in [0.2, 0.25) is 0 Å². The lowest BCUT2D eigenvalue weighted by molar-refractivity contribution is 0.0863. The number of nitrogen functional groups attached to an aromatic ring is 2. The van der Waals surface area contributed by atoms with E-state index in [1.54, 1.807) is 36.4 Å². The Balaban J connectivity index is 1.69. The van der Waals surface area contributed by atoms with E-state index < -0.39 is 0 Å². The molecule has 2 amide bonds. The first-order chi connectivity index (χ1) is 13.3. The van der Waals surface area contributed by atoms with Crippen molar-refractivity contribution in [2.45, 2.75) is 37.8 Å². The van der Waals surface area contributed by atoms with Crippen molar-refractivity contribution in [2.75, 3.05) is 11.5 Å². The van der Waals surface area contributed by atoms with Crippen molar-refractivity contribution in [1.82, 2.24) is 10.6 Å². The van der Waals surface area contributed by atoms with Gasteiger partial charge in [0, 0.05) is 43.5 Å². The Morgan fingerprint density at radius 2 is 1.18 bits per heavy atom. The van der Waals surface area contributed by atoms with Crippen molar-refractivity contribution in [3.05, 3.63) is 56.5 Å². The molecule has 0 aromatic heterocycles. The Labute approximate surface area is 180 Å². The summed E-state index contributed by atoms with van der Waals surface area (Å²) in [6, 6.07) is 9.92. The molecule has 0 saturated heterocycles. The van der Waals surface area contributed by atoms with Gasteiger partial charge in [-0.05, 0) is 81.1 Å². The largest absolute Gasteiger partial charge is 0.398 e. The minimum Gasteiger partial charge on any atom is -0.398 e. The SMILES string of the molecule is Nc1ccc(C(=O)NC2CCCCC2NC(=O)c2ccc(N)c(Br)c2)cc1Br. The second kappa shape index (κ2) is 8.96. The smallest absolute Gasteiger partial charge is 0.251 e. The minimum atomic E-state index is -0.179. The molecule has 2 aromatic carbocycles. The van der Waals surface area contributed by atoms with Crippen molar-refractivity contribution in [3.8, 4) is 0 Å².